The summed E-state index contributed by atoms with van der Waals surface area (Å²) in [6.07, 6.45) is 5.87. The van der Waals surface area contributed by atoms with E-state index in [9.17, 15) is 18.3 Å². The average molecular weight is 467 g/mol. The van der Waals surface area contributed by atoms with Crippen LogP contribution in [0.15, 0.2) is 54.6 Å². The number of halogens is 3. The summed E-state index contributed by atoms with van der Waals surface area (Å²) in [6.45, 7) is 2.64. The van der Waals surface area contributed by atoms with Gasteiger partial charge in [0.25, 0.3) is 0 Å². The molecule has 0 unspecified atom stereocenters. The van der Waals surface area contributed by atoms with Crippen LogP contribution in [0.25, 0.3) is 23.3 Å². The molecule has 1 saturated carbocycles. The van der Waals surface area contributed by atoms with Gasteiger partial charge in [-0.05, 0) is 66.8 Å². The van der Waals surface area contributed by atoms with Crippen molar-refractivity contribution < 1.29 is 23.0 Å². The van der Waals surface area contributed by atoms with Crippen molar-refractivity contribution in [3.63, 3.8) is 0 Å². The Morgan fingerprint density at radius 2 is 1.53 bits per heavy atom. The zero-order valence-corrected chi connectivity index (χ0v) is 19.2. The maximum atomic E-state index is 14.9. The molecule has 3 aromatic carbocycles. The minimum absolute atomic E-state index is 0.0578. The zero-order chi connectivity index (χ0) is 24.1. The minimum Gasteiger partial charge on any atom is -0.393 e. The number of benzene rings is 3. The normalized spacial score (nSPS) is 18.5. The van der Waals surface area contributed by atoms with Gasteiger partial charge in [-0.1, -0.05) is 60.7 Å². The number of rotatable bonds is 7. The maximum Gasteiger partial charge on any atom is 0.166 e. The molecule has 1 aliphatic carbocycles. The van der Waals surface area contributed by atoms with E-state index < -0.39 is 11.6 Å². The molecule has 0 saturated heterocycles. The number of aliphatic hydroxyl groups is 1. The summed E-state index contributed by atoms with van der Waals surface area (Å²) in [5.41, 5.74) is 3.31. The lowest BCUT2D eigenvalue weighted by atomic mass is 9.82. The lowest BCUT2D eigenvalue weighted by Gasteiger charge is -2.26. The van der Waals surface area contributed by atoms with Crippen LogP contribution in [0.5, 0.6) is 0 Å². The molecule has 0 aromatic heterocycles. The third-order valence-corrected chi connectivity index (χ3v) is 6.48. The van der Waals surface area contributed by atoms with E-state index in [4.69, 9.17) is 4.74 Å². The Balaban J connectivity index is 1.47. The van der Waals surface area contributed by atoms with Gasteiger partial charge in [0.05, 0.1) is 12.7 Å². The maximum absolute atomic E-state index is 14.9. The van der Waals surface area contributed by atoms with Crippen LogP contribution in [0, 0.1) is 17.5 Å². The highest BCUT2D eigenvalue weighted by Gasteiger charge is 2.25. The minimum atomic E-state index is -0.838. The van der Waals surface area contributed by atoms with Gasteiger partial charge < -0.3 is 9.84 Å². The fraction of sp³-hybridized carbons (Fsp3) is 0.310. The monoisotopic (exact) mass is 466 g/mol. The molecular formula is C29H29F3O2. The van der Waals surface area contributed by atoms with E-state index in [0.717, 1.165) is 11.1 Å². The van der Waals surface area contributed by atoms with Gasteiger partial charge in [-0.25, -0.2) is 13.2 Å². The summed E-state index contributed by atoms with van der Waals surface area (Å²) in [5.74, 6) is -2.00. The molecule has 4 rings (SSSR count). The van der Waals surface area contributed by atoms with Crippen molar-refractivity contribution in [2.45, 2.75) is 51.2 Å². The molecule has 0 aliphatic heterocycles. The first-order valence-corrected chi connectivity index (χ1v) is 11.8. The lowest BCUT2D eigenvalue weighted by molar-refractivity contribution is 0.122. The predicted octanol–water partition coefficient (Wildman–Crippen LogP) is 7.50. The zero-order valence-electron chi connectivity index (χ0n) is 19.2. The van der Waals surface area contributed by atoms with E-state index in [1.807, 2.05) is 31.2 Å². The topological polar surface area (TPSA) is 29.5 Å². The van der Waals surface area contributed by atoms with Crippen LogP contribution in [0.4, 0.5) is 13.2 Å². The van der Waals surface area contributed by atoms with Crippen LogP contribution < -0.4 is 0 Å². The second kappa shape index (κ2) is 11.0. The molecule has 0 amide bonds. The average Bonchev–Trinajstić information content (AvgIpc) is 2.85. The summed E-state index contributed by atoms with van der Waals surface area (Å²) in [4.78, 5) is 0. The van der Waals surface area contributed by atoms with E-state index >= 15 is 0 Å². The van der Waals surface area contributed by atoms with Crippen molar-refractivity contribution >= 4 is 12.2 Å². The molecule has 1 fully saturated rings. The highest BCUT2D eigenvalue weighted by molar-refractivity contribution is 5.72. The van der Waals surface area contributed by atoms with E-state index in [2.05, 4.69) is 0 Å². The Bertz CT molecular complexity index is 1150. The first kappa shape index (κ1) is 24.2. The largest absolute Gasteiger partial charge is 0.393 e. The van der Waals surface area contributed by atoms with E-state index in [1.54, 1.807) is 36.4 Å². The molecule has 3 aromatic rings. The fourth-order valence-corrected chi connectivity index (χ4v) is 4.45. The first-order valence-electron chi connectivity index (χ1n) is 11.8. The van der Waals surface area contributed by atoms with E-state index in [1.165, 1.54) is 6.07 Å². The second-order valence-corrected chi connectivity index (χ2v) is 8.78. The van der Waals surface area contributed by atoms with Crippen LogP contribution in [-0.4, -0.2) is 17.8 Å². The molecule has 0 atom stereocenters. The molecule has 34 heavy (non-hydrogen) atoms. The molecule has 0 spiro atoms. The summed E-state index contributed by atoms with van der Waals surface area (Å²) < 4.78 is 49.2. The Morgan fingerprint density at radius 3 is 2.21 bits per heavy atom. The summed E-state index contributed by atoms with van der Waals surface area (Å²) in [5, 5.41) is 9.67. The molecule has 178 valence electrons. The van der Waals surface area contributed by atoms with Gasteiger partial charge in [-0.3, -0.25) is 0 Å². The van der Waals surface area contributed by atoms with Gasteiger partial charge in [0.1, 0.15) is 5.82 Å². The SMILES string of the molecule is CCOCc1ccc(/C=C/c2ccc(-c3ccc(C4CCC(O)CC4)c(F)c3F)cc2)cc1F. The van der Waals surface area contributed by atoms with Gasteiger partial charge >= 0.3 is 0 Å². The van der Waals surface area contributed by atoms with Gasteiger partial charge in [0.15, 0.2) is 11.6 Å². The Labute approximate surface area is 198 Å². The molecule has 0 heterocycles. The summed E-state index contributed by atoms with van der Waals surface area (Å²) in [6, 6.07) is 15.5. The molecule has 2 nitrogen and oxygen atoms in total. The van der Waals surface area contributed by atoms with Gasteiger partial charge in [0.2, 0.25) is 0 Å². The summed E-state index contributed by atoms with van der Waals surface area (Å²) in [7, 11) is 0. The number of ether oxygens (including phenoxy) is 1. The van der Waals surface area contributed by atoms with Crippen molar-refractivity contribution in [1.29, 1.82) is 0 Å². The predicted molar refractivity (Wildman–Crippen MR) is 130 cm³/mol. The highest BCUT2D eigenvalue weighted by Crippen LogP contribution is 2.37. The van der Waals surface area contributed by atoms with Crippen LogP contribution in [0.2, 0.25) is 0 Å². The van der Waals surface area contributed by atoms with Crippen LogP contribution in [-0.2, 0) is 11.3 Å². The summed E-state index contributed by atoms with van der Waals surface area (Å²) >= 11 is 0. The van der Waals surface area contributed by atoms with Crippen LogP contribution in [0.1, 0.15) is 60.8 Å². The second-order valence-electron chi connectivity index (χ2n) is 8.78. The van der Waals surface area contributed by atoms with Crippen molar-refractivity contribution in [3.8, 4) is 11.1 Å². The molecular weight excluding hydrogens is 437 g/mol. The molecule has 1 N–H and O–H groups in total. The van der Waals surface area contributed by atoms with Crippen molar-refractivity contribution in [2.24, 2.45) is 0 Å². The highest BCUT2D eigenvalue weighted by atomic mass is 19.2. The Morgan fingerprint density at radius 1 is 0.853 bits per heavy atom. The van der Waals surface area contributed by atoms with Gasteiger partial charge in [0, 0.05) is 17.7 Å². The lowest BCUT2D eigenvalue weighted by Crippen LogP contribution is -2.18. The third kappa shape index (κ3) is 5.60. The number of aliphatic hydroxyl groups excluding tert-OH is 1. The van der Waals surface area contributed by atoms with Crippen molar-refractivity contribution in [3.05, 3.63) is 94.3 Å². The molecule has 1 aliphatic rings. The molecule has 0 radical (unpaired) electrons. The Kier molecular flexibility index (Phi) is 7.86. The van der Waals surface area contributed by atoms with Gasteiger partial charge in [-0.2, -0.15) is 0 Å². The van der Waals surface area contributed by atoms with E-state index in [0.29, 0.717) is 49.0 Å². The van der Waals surface area contributed by atoms with Crippen molar-refractivity contribution in [1.82, 2.24) is 0 Å². The van der Waals surface area contributed by atoms with E-state index in [-0.39, 0.29) is 30.0 Å². The standard InChI is InChI=1S/C29H29F3O2/c1-2-34-18-23-10-7-20(17-27(23)30)4-3-19-5-8-21(9-6-19)25-15-16-26(29(32)28(25)31)22-11-13-24(33)14-12-22/h3-10,15-17,22,24,33H,2,11-14,18H2,1H3/b4-3+. The fourth-order valence-electron chi connectivity index (χ4n) is 4.45. The van der Waals surface area contributed by atoms with Crippen molar-refractivity contribution in [2.75, 3.05) is 6.61 Å². The molecule has 0 bridgehead atoms. The first-order chi connectivity index (χ1) is 16.5. The smallest absolute Gasteiger partial charge is 0.166 e. The van der Waals surface area contributed by atoms with Crippen LogP contribution >= 0.6 is 0 Å². The Hall–Kier alpha value is -2.89. The third-order valence-electron chi connectivity index (χ3n) is 6.48. The number of hydrogen-bond donors (Lipinski definition) is 1. The quantitative estimate of drug-likeness (QED) is 0.366. The van der Waals surface area contributed by atoms with Crippen LogP contribution in [0.3, 0.4) is 0 Å². The molecule has 5 heteroatoms. The van der Waals surface area contributed by atoms with Gasteiger partial charge in [-0.15, -0.1) is 0 Å². The number of hydrogen-bond acceptors (Lipinski definition) is 2.